The lowest BCUT2D eigenvalue weighted by Crippen LogP contribution is -2.44. The highest BCUT2D eigenvalue weighted by Crippen LogP contribution is 2.45. The first-order valence-corrected chi connectivity index (χ1v) is 11.1. The van der Waals surface area contributed by atoms with Crippen LogP contribution in [0.4, 0.5) is 26.2 Å². The van der Waals surface area contributed by atoms with Crippen LogP contribution in [0.15, 0.2) is 48.5 Å². The lowest BCUT2D eigenvalue weighted by molar-refractivity contribution is 0.171. The molecule has 1 heterocycles. The van der Waals surface area contributed by atoms with E-state index in [-0.39, 0.29) is 23.7 Å². The lowest BCUT2D eigenvalue weighted by Gasteiger charge is -2.31. The fraction of sp³-hybridized carbons (Fsp3) is 0.381. The Hall–Kier alpha value is -2.81. The second kappa shape index (κ2) is 8.14. The summed E-state index contributed by atoms with van der Waals surface area (Å²) in [4.78, 5) is 11.1. The summed E-state index contributed by atoms with van der Waals surface area (Å²) in [6.45, 7) is 5.93. The van der Waals surface area contributed by atoms with Crippen molar-refractivity contribution in [3.63, 3.8) is 0 Å². The molecule has 1 unspecified atom stereocenters. The summed E-state index contributed by atoms with van der Waals surface area (Å²) in [5.74, 6) is -0.523. The summed E-state index contributed by atoms with van der Waals surface area (Å²) in [7, 11) is -3.95. The largest absolute Gasteiger partial charge is 0.465 e. The average Bonchev–Trinajstić information content (AvgIpc) is 2.86. The van der Waals surface area contributed by atoms with Gasteiger partial charge in [0, 0.05) is 18.7 Å². The highest BCUT2D eigenvalue weighted by Gasteiger charge is 2.41. The molecular formula is C21H26FN3O4S. The van der Waals surface area contributed by atoms with E-state index in [1.807, 2.05) is 20.8 Å². The quantitative estimate of drug-likeness (QED) is 0.700. The maximum atomic E-state index is 13.9. The summed E-state index contributed by atoms with van der Waals surface area (Å²) >= 11 is 0. The number of amides is 1. The molecule has 0 aromatic heterocycles. The Balaban J connectivity index is 1.88. The van der Waals surface area contributed by atoms with Gasteiger partial charge in [-0.1, -0.05) is 39.0 Å². The van der Waals surface area contributed by atoms with Gasteiger partial charge >= 0.3 is 16.3 Å². The number of halogens is 1. The molecule has 9 heteroatoms. The van der Waals surface area contributed by atoms with Crippen molar-refractivity contribution < 1.29 is 22.7 Å². The SMILES string of the molecule is CC(C)(C)C(CCCN1c2ccc(F)cc2N(c2ccccc2)S1(=O)=O)NC(=O)O. The van der Waals surface area contributed by atoms with E-state index in [0.29, 0.717) is 24.2 Å². The van der Waals surface area contributed by atoms with Gasteiger partial charge in [-0.05, 0) is 42.5 Å². The van der Waals surface area contributed by atoms with Crippen molar-refractivity contribution in [1.82, 2.24) is 5.32 Å². The van der Waals surface area contributed by atoms with Crippen LogP contribution in [0.2, 0.25) is 0 Å². The Morgan fingerprint density at radius 2 is 1.80 bits per heavy atom. The smallest absolute Gasteiger partial charge is 0.404 e. The maximum Gasteiger partial charge on any atom is 0.404 e. The van der Waals surface area contributed by atoms with Crippen LogP contribution in [0, 0.1) is 11.2 Å². The monoisotopic (exact) mass is 435 g/mol. The van der Waals surface area contributed by atoms with Crippen molar-refractivity contribution in [2.75, 3.05) is 15.2 Å². The first-order chi connectivity index (χ1) is 14.0. The number of carboxylic acid groups (broad SMARTS) is 1. The summed E-state index contributed by atoms with van der Waals surface area (Å²) in [5.41, 5.74) is 0.766. The van der Waals surface area contributed by atoms with Crippen LogP contribution in [0.1, 0.15) is 33.6 Å². The third-order valence-corrected chi connectivity index (χ3v) is 6.93. The van der Waals surface area contributed by atoms with Gasteiger partial charge in [-0.3, -0.25) is 4.31 Å². The molecule has 3 rings (SSSR count). The minimum Gasteiger partial charge on any atom is -0.465 e. The zero-order valence-corrected chi connectivity index (χ0v) is 18.0. The van der Waals surface area contributed by atoms with E-state index in [1.54, 1.807) is 30.3 Å². The first kappa shape index (κ1) is 21.9. The van der Waals surface area contributed by atoms with Crippen molar-refractivity contribution >= 4 is 33.4 Å². The van der Waals surface area contributed by atoms with Crippen LogP contribution in [-0.2, 0) is 10.2 Å². The predicted octanol–water partition coefficient (Wildman–Crippen LogP) is 4.49. The van der Waals surface area contributed by atoms with Crippen molar-refractivity contribution in [3.8, 4) is 0 Å². The number of hydrogen-bond donors (Lipinski definition) is 2. The molecule has 0 saturated heterocycles. The van der Waals surface area contributed by atoms with E-state index in [1.165, 1.54) is 22.5 Å². The van der Waals surface area contributed by atoms with Crippen molar-refractivity contribution in [1.29, 1.82) is 0 Å². The van der Waals surface area contributed by atoms with E-state index in [0.717, 1.165) is 4.31 Å². The predicted molar refractivity (Wildman–Crippen MR) is 115 cm³/mol. The summed E-state index contributed by atoms with van der Waals surface area (Å²) in [6, 6.07) is 12.1. The molecule has 2 aromatic carbocycles. The molecule has 1 amide bonds. The number of fused-ring (bicyclic) bond motifs is 1. The van der Waals surface area contributed by atoms with Gasteiger partial charge < -0.3 is 10.4 Å². The Labute approximate surface area is 176 Å². The molecule has 1 aliphatic rings. The minimum atomic E-state index is -3.95. The van der Waals surface area contributed by atoms with Crippen LogP contribution in [0.5, 0.6) is 0 Å². The zero-order valence-electron chi connectivity index (χ0n) is 17.2. The topological polar surface area (TPSA) is 90.0 Å². The van der Waals surface area contributed by atoms with Gasteiger partial charge in [0.15, 0.2) is 0 Å². The van der Waals surface area contributed by atoms with Crippen LogP contribution in [0.25, 0.3) is 0 Å². The molecule has 162 valence electrons. The number of nitrogens with one attached hydrogen (secondary N) is 1. The number of para-hydroxylation sites is 1. The standard InChI is InChI=1S/C21H26FN3O4S/c1-21(2,3)19(23-20(26)27)10-7-13-24-17-12-11-15(22)14-18(17)25(30(24,28)29)16-8-5-4-6-9-16/h4-6,8-9,11-12,14,19,23H,7,10,13H2,1-3H3,(H,26,27). The first-order valence-electron chi connectivity index (χ1n) is 9.69. The van der Waals surface area contributed by atoms with Crippen LogP contribution in [-0.4, -0.2) is 32.2 Å². The van der Waals surface area contributed by atoms with Crippen LogP contribution in [0.3, 0.4) is 0 Å². The Kier molecular flexibility index (Phi) is 5.94. The van der Waals surface area contributed by atoms with E-state index >= 15 is 0 Å². The normalized spacial score (nSPS) is 16.3. The number of benzene rings is 2. The Bertz CT molecular complexity index is 1020. The molecule has 0 spiro atoms. The zero-order chi connectivity index (χ0) is 22.1. The van der Waals surface area contributed by atoms with Gasteiger partial charge in [0.05, 0.1) is 17.1 Å². The van der Waals surface area contributed by atoms with E-state index in [4.69, 9.17) is 5.11 Å². The lowest BCUT2D eigenvalue weighted by atomic mass is 9.84. The number of nitrogens with zero attached hydrogens (tertiary/aromatic N) is 2. The third kappa shape index (κ3) is 4.35. The highest BCUT2D eigenvalue weighted by molar-refractivity contribution is 7.95. The van der Waals surface area contributed by atoms with Gasteiger partial charge in [-0.25, -0.2) is 13.5 Å². The van der Waals surface area contributed by atoms with Gasteiger partial charge in [0.1, 0.15) is 5.82 Å². The van der Waals surface area contributed by atoms with Crippen LogP contribution < -0.4 is 13.9 Å². The molecule has 1 atom stereocenters. The fourth-order valence-electron chi connectivity index (χ4n) is 3.60. The van der Waals surface area contributed by atoms with Crippen molar-refractivity contribution in [2.45, 2.75) is 39.7 Å². The summed E-state index contributed by atoms with van der Waals surface area (Å²) < 4.78 is 43.0. The third-order valence-electron chi connectivity index (χ3n) is 5.12. The van der Waals surface area contributed by atoms with E-state index in [9.17, 15) is 17.6 Å². The minimum absolute atomic E-state index is 0.151. The summed E-state index contributed by atoms with van der Waals surface area (Å²) in [5, 5.41) is 11.6. The molecule has 2 aromatic rings. The number of rotatable bonds is 6. The molecule has 0 radical (unpaired) electrons. The Morgan fingerprint density at radius 3 is 2.40 bits per heavy atom. The molecule has 0 fully saturated rings. The number of carbonyl (C=O) groups is 1. The second-order valence-corrected chi connectivity index (χ2v) is 10.0. The van der Waals surface area contributed by atoms with Crippen molar-refractivity contribution in [3.05, 3.63) is 54.3 Å². The number of hydrogen-bond acceptors (Lipinski definition) is 3. The molecule has 0 bridgehead atoms. The van der Waals surface area contributed by atoms with Gasteiger partial charge in [-0.15, -0.1) is 0 Å². The van der Waals surface area contributed by atoms with Gasteiger partial charge in [0.25, 0.3) is 0 Å². The maximum absolute atomic E-state index is 13.9. The molecular weight excluding hydrogens is 409 g/mol. The molecule has 1 aliphatic heterocycles. The number of anilines is 3. The van der Waals surface area contributed by atoms with Crippen molar-refractivity contribution in [2.24, 2.45) is 5.41 Å². The summed E-state index contributed by atoms with van der Waals surface area (Å²) in [6.07, 6.45) is -0.218. The van der Waals surface area contributed by atoms with E-state index < -0.39 is 22.1 Å². The fourth-order valence-corrected chi connectivity index (χ4v) is 5.34. The van der Waals surface area contributed by atoms with Gasteiger partial charge in [-0.2, -0.15) is 8.42 Å². The molecule has 0 aliphatic carbocycles. The Morgan fingerprint density at radius 1 is 1.13 bits per heavy atom. The molecule has 30 heavy (non-hydrogen) atoms. The average molecular weight is 436 g/mol. The highest BCUT2D eigenvalue weighted by atomic mass is 32.2. The van der Waals surface area contributed by atoms with E-state index in [2.05, 4.69) is 5.32 Å². The van der Waals surface area contributed by atoms with Crippen LogP contribution >= 0.6 is 0 Å². The molecule has 0 saturated carbocycles. The van der Waals surface area contributed by atoms with Gasteiger partial charge in [0.2, 0.25) is 0 Å². The second-order valence-electron chi connectivity index (χ2n) is 8.32. The molecule has 7 nitrogen and oxygen atoms in total. The molecule has 2 N–H and O–H groups in total.